The molecule has 1 fully saturated rings. The lowest BCUT2D eigenvalue weighted by Crippen LogP contribution is -2.28. The molecule has 1 amide bonds. The maximum Gasteiger partial charge on any atom is 0.270 e. The Kier molecular flexibility index (Phi) is 4.99. The Hall–Kier alpha value is -3.30. The number of benzene rings is 2. The minimum atomic E-state index is -0.545. The van der Waals surface area contributed by atoms with Gasteiger partial charge in [-0.15, -0.1) is 0 Å². The number of thiocarbonyl (C=S) groups is 1. The van der Waals surface area contributed by atoms with E-state index in [0.717, 1.165) is 16.7 Å². The second kappa shape index (κ2) is 7.61. The van der Waals surface area contributed by atoms with Crippen LogP contribution in [0.4, 0.5) is 15.8 Å². The summed E-state index contributed by atoms with van der Waals surface area (Å²) in [7, 11) is 0. The van der Waals surface area contributed by atoms with E-state index in [4.69, 9.17) is 16.6 Å². The average molecular weight is 426 g/mol. The number of nitrogens with zero attached hydrogens (tertiary/aromatic N) is 2. The number of amides is 1. The number of nitro groups is 1. The van der Waals surface area contributed by atoms with Crippen LogP contribution in [0.15, 0.2) is 70.0 Å². The van der Waals surface area contributed by atoms with Crippen LogP contribution >= 0.6 is 24.0 Å². The minimum Gasteiger partial charge on any atom is -0.457 e. The van der Waals surface area contributed by atoms with Crippen LogP contribution in [-0.4, -0.2) is 15.2 Å². The van der Waals surface area contributed by atoms with E-state index in [1.54, 1.807) is 30.3 Å². The standard InChI is InChI=1S/C20H11FN2O4S2/c21-15-6-1-2-7-16(15)22-19(24)18(29-20(22)28)11-14-8-9-17(27-14)12-4-3-5-13(10-12)23(25)26/h1-11H. The first-order chi connectivity index (χ1) is 13.9. The molecule has 1 aromatic heterocycles. The number of carbonyl (C=O) groups excluding carboxylic acids is 1. The molecule has 0 aliphatic carbocycles. The van der Waals surface area contributed by atoms with Crippen molar-refractivity contribution < 1.29 is 18.5 Å². The smallest absolute Gasteiger partial charge is 0.270 e. The fraction of sp³-hybridized carbons (Fsp3) is 0. The van der Waals surface area contributed by atoms with Crippen LogP contribution in [0, 0.1) is 15.9 Å². The molecule has 1 aliphatic rings. The first-order valence-electron chi connectivity index (χ1n) is 8.31. The minimum absolute atomic E-state index is 0.0498. The van der Waals surface area contributed by atoms with E-state index >= 15 is 0 Å². The highest BCUT2D eigenvalue weighted by molar-refractivity contribution is 8.27. The van der Waals surface area contributed by atoms with Gasteiger partial charge in [0.25, 0.3) is 11.6 Å². The molecular formula is C20H11FN2O4S2. The van der Waals surface area contributed by atoms with Crippen LogP contribution < -0.4 is 4.90 Å². The molecule has 9 heteroatoms. The molecule has 6 nitrogen and oxygen atoms in total. The topological polar surface area (TPSA) is 76.6 Å². The molecule has 144 valence electrons. The van der Waals surface area contributed by atoms with E-state index in [1.165, 1.54) is 36.4 Å². The summed E-state index contributed by atoms with van der Waals surface area (Å²) in [5.41, 5.74) is 0.582. The summed E-state index contributed by atoms with van der Waals surface area (Å²) in [5.74, 6) is -0.195. The van der Waals surface area contributed by atoms with Gasteiger partial charge in [-0.2, -0.15) is 0 Å². The second-order valence-corrected chi connectivity index (χ2v) is 7.65. The number of thioether (sulfide) groups is 1. The molecule has 4 rings (SSSR count). The molecule has 2 heterocycles. The van der Waals surface area contributed by atoms with Crippen LogP contribution in [0.3, 0.4) is 0 Å². The van der Waals surface area contributed by atoms with Gasteiger partial charge in [-0.25, -0.2) is 4.39 Å². The zero-order valence-electron chi connectivity index (χ0n) is 14.6. The molecule has 3 aromatic rings. The van der Waals surface area contributed by atoms with Crippen molar-refractivity contribution in [3.05, 3.63) is 87.3 Å². The molecule has 0 saturated carbocycles. The predicted octanol–water partition coefficient (Wildman–Crippen LogP) is 5.40. The number of halogens is 1. The van der Waals surface area contributed by atoms with Crippen molar-refractivity contribution in [1.29, 1.82) is 0 Å². The van der Waals surface area contributed by atoms with Gasteiger partial charge in [0.05, 0.1) is 15.5 Å². The third-order valence-corrected chi connectivity index (χ3v) is 5.43. The monoisotopic (exact) mass is 426 g/mol. The average Bonchev–Trinajstić information content (AvgIpc) is 3.28. The molecule has 0 unspecified atom stereocenters. The highest BCUT2D eigenvalue weighted by Gasteiger charge is 2.34. The largest absolute Gasteiger partial charge is 0.457 e. The normalized spacial score (nSPS) is 15.3. The SMILES string of the molecule is O=C1C(=Cc2ccc(-c3cccc([N+](=O)[O-])c3)o2)SC(=S)N1c1ccccc1F. The maximum absolute atomic E-state index is 14.1. The van der Waals surface area contributed by atoms with Gasteiger partial charge in [-0.1, -0.05) is 48.2 Å². The van der Waals surface area contributed by atoms with Crippen molar-refractivity contribution >= 4 is 51.7 Å². The Bertz CT molecular complexity index is 1190. The van der Waals surface area contributed by atoms with Crippen LogP contribution in [0.2, 0.25) is 0 Å². The second-order valence-electron chi connectivity index (χ2n) is 5.98. The lowest BCUT2D eigenvalue weighted by atomic mass is 10.1. The van der Waals surface area contributed by atoms with Gasteiger partial charge in [0.15, 0.2) is 4.32 Å². The van der Waals surface area contributed by atoms with E-state index in [-0.39, 0.29) is 20.6 Å². The molecule has 0 atom stereocenters. The van der Waals surface area contributed by atoms with Crippen LogP contribution in [0.25, 0.3) is 17.4 Å². The summed E-state index contributed by atoms with van der Waals surface area (Å²) in [6.45, 7) is 0. The van der Waals surface area contributed by atoms with Crippen LogP contribution in [0.1, 0.15) is 5.76 Å². The lowest BCUT2D eigenvalue weighted by Gasteiger charge is -2.14. The molecule has 1 saturated heterocycles. The van der Waals surface area contributed by atoms with E-state index in [0.29, 0.717) is 17.1 Å². The molecule has 0 bridgehead atoms. The Labute approximate surface area is 173 Å². The van der Waals surface area contributed by atoms with Gasteiger partial charge in [0.2, 0.25) is 0 Å². The number of hydrogen-bond acceptors (Lipinski definition) is 6. The van der Waals surface area contributed by atoms with Gasteiger partial charge < -0.3 is 4.42 Å². The number of nitro benzene ring substituents is 1. The van der Waals surface area contributed by atoms with Crippen molar-refractivity contribution in [2.45, 2.75) is 0 Å². The number of rotatable bonds is 4. The zero-order valence-corrected chi connectivity index (χ0v) is 16.2. The number of carbonyl (C=O) groups is 1. The highest BCUT2D eigenvalue weighted by atomic mass is 32.2. The van der Waals surface area contributed by atoms with E-state index in [2.05, 4.69) is 0 Å². The molecule has 2 aromatic carbocycles. The Morgan fingerprint density at radius 3 is 2.69 bits per heavy atom. The Balaban J connectivity index is 1.62. The first kappa shape index (κ1) is 19.0. The van der Waals surface area contributed by atoms with Gasteiger partial charge in [0.1, 0.15) is 17.3 Å². The van der Waals surface area contributed by atoms with E-state index in [9.17, 15) is 19.3 Å². The van der Waals surface area contributed by atoms with Crippen LogP contribution in [-0.2, 0) is 4.79 Å². The number of anilines is 1. The highest BCUT2D eigenvalue weighted by Crippen LogP contribution is 2.37. The molecule has 29 heavy (non-hydrogen) atoms. The fourth-order valence-corrected chi connectivity index (χ4v) is 4.06. The van der Waals surface area contributed by atoms with Gasteiger partial charge in [-0.3, -0.25) is 19.8 Å². The Morgan fingerprint density at radius 2 is 1.93 bits per heavy atom. The lowest BCUT2D eigenvalue weighted by molar-refractivity contribution is -0.384. The maximum atomic E-state index is 14.1. The van der Waals surface area contributed by atoms with Gasteiger partial charge >= 0.3 is 0 Å². The van der Waals surface area contributed by atoms with Gasteiger partial charge in [-0.05, 0) is 24.3 Å². The van der Waals surface area contributed by atoms with Crippen molar-refractivity contribution in [2.75, 3.05) is 4.90 Å². The van der Waals surface area contributed by atoms with Crippen LogP contribution in [0.5, 0.6) is 0 Å². The third kappa shape index (κ3) is 3.69. The van der Waals surface area contributed by atoms with Crippen molar-refractivity contribution in [3.63, 3.8) is 0 Å². The van der Waals surface area contributed by atoms with Gasteiger partial charge in [0, 0.05) is 23.8 Å². The van der Waals surface area contributed by atoms with E-state index in [1.807, 2.05) is 0 Å². The summed E-state index contributed by atoms with van der Waals surface area (Å²) in [4.78, 5) is 24.6. The van der Waals surface area contributed by atoms with Crippen molar-refractivity contribution in [2.24, 2.45) is 0 Å². The van der Waals surface area contributed by atoms with Crippen molar-refractivity contribution in [3.8, 4) is 11.3 Å². The molecule has 0 N–H and O–H groups in total. The fourth-order valence-electron chi connectivity index (χ4n) is 2.80. The first-order valence-corrected chi connectivity index (χ1v) is 9.53. The number of para-hydroxylation sites is 1. The summed E-state index contributed by atoms with van der Waals surface area (Å²) in [5, 5.41) is 10.9. The number of non-ortho nitro benzene ring substituents is 1. The molecular weight excluding hydrogens is 415 g/mol. The summed E-state index contributed by atoms with van der Waals surface area (Å²) in [6.07, 6.45) is 1.51. The number of furan rings is 1. The quantitative estimate of drug-likeness (QED) is 0.241. The Morgan fingerprint density at radius 1 is 1.14 bits per heavy atom. The molecule has 1 aliphatic heterocycles. The zero-order chi connectivity index (χ0) is 20.5. The number of hydrogen-bond donors (Lipinski definition) is 0. The summed E-state index contributed by atoms with van der Waals surface area (Å²) in [6, 6.07) is 15.2. The molecule has 0 spiro atoms. The van der Waals surface area contributed by atoms with Crippen molar-refractivity contribution in [1.82, 2.24) is 0 Å². The summed E-state index contributed by atoms with van der Waals surface area (Å²) < 4.78 is 20.0. The summed E-state index contributed by atoms with van der Waals surface area (Å²) >= 11 is 6.28. The third-order valence-electron chi connectivity index (χ3n) is 4.13. The van der Waals surface area contributed by atoms with E-state index < -0.39 is 16.6 Å². The predicted molar refractivity (Wildman–Crippen MR) is 113 cm³/mol. The molecule has 0 radical (unpaired) electrons.